The molecule has 1 aliphatic rings. The van der Waals surface area contributed by atoms with Crippen molar-refractivity contribution in [3.05, 3.63) is 65.4 Å². The van der Waals surface area contributed by atoms with E-state index in [0.29, 0.717) is 11.3 Å². The van der Waals surface area contributed by atoms with Gasteiger partial charge < -0.3 is 24.8 Å². The van der Waals surface area contributed by atoms with Crippen molar-refractivity contribution in [2.75, 3.05) is 27.1 Å². The summed E-state index contributed by atoms with van der Waals surface area (Å²) in [5, 5.41) is 5.10. The van der Waals surface area contributed by atoms with Crippen LogP contribution in [0.25, 0.3) is 0 Å². The number of carbonyl (C=O) groups excluding carboxylic acids is 2. The van der Waals surface area contributed by atoms with Gasteiger partial charge in [-0.25, -0.2) is 18.0 Å². The van der Waals surface area contributed by atoms with Crippen LogP contribution in [0.1, 0.15) is 11.6 Å². The van der Waals surface area contributed by atoms with Crippen molar-refractivity contribution in [3.8, 4) is 11.5 Å². The second-order valence-electron chi connectivity index (χ2n) is 6.60. The van der Waals surface area contributed by atoms with Crippen molar-refractivity contribution in [2.24, 2.45) is 0 Å². The molecule has 0 unspecified atom stereocenters. The maximum atomic E-state index is 13.3. The number of ether oxygens (including phenoxy) is 3. The largest absolute Gasteiger partial charge is 0.497 e. The third kappa shape index (κ3) is 4.64. The van der Waals surface area contributed by atoms with Crippen molar-refractivity contribution in [1.29, 1.82) is 0 Å². The molecular formula is C21H22N2O7S. The summed E-state index contributed by atoms with van der Waals surface area (Å²) in [5.41, 5.74) is 0.527. The summed E-state index contributed by atoms with van der Waals surface area (Å²) in [5.74, 6) is -0.986. The number of nitrogens with one attached hydrogen (secondary N) is 2. The summed E-state index contributed by atoms with van der Waals surface area (Å²) in [6, 6.07) is 11.6. The lowest BCUT2D eigenvalue weighted by Crippen LogP contribution is -2.47. The fourth-order valence-electron chi connectivity index (χ4n) is 3.27. The number of sulfone groups is 1. The van der Waals surface area contributed by atoms with Crippen molar-refractivity contribution in [2.45, 2.75) is 10.9 Å². The molecule has 0 saturated heterocycles. The van der Waals surface area contributed by atoms with Crippen LogP contribution in [0.15, 0.2) is 64.7 Å². The fraction of sp³-hybridized carbons (Fsp3) is 0.238. The van der Waals surface area contributed by atoms with E-state index in [1.54, 1.807) is 36.4 Å². The summed E-state index contributed by atoms with van der Waals surface area (Å²) in [6.45, 7) is 0. The molecule has 0 saturated carbocycles. The molecule has 2 N–H and O–H groups in total. The lowest BCUT2D eigenvalue weighted by Gasteiger charge is -2.29. The first kappa shape index (κ1) is 22.2. The minimum Gasteiger partial charge on any atom is -0.497 e. The van der Waals surface area contributed by atoms with Gasteiger partial charge in [0, 0.05) is 11.8 Å². The first-order chi connectivity index (χ1) is 14.8. The zero-order valence-corrected chi connectivity index (χ0v) is 18.0. The predicted octanol–water partition coefficient (Wildman–Crippen LogP) is 1.96. The number of carbonyl (C=O) groups is 2. The number of rotatable bonds is 7. The summed E-state index contributed by atoms with van der Waals surface area (Å²) in [4.78, 5) is 24.8. The minimum atomic E-state index is -4.05. The summed E-state index contributed by atoms with van der Waals surface area (Å²) in [6.07, 6.45) is 0. The van der Waals surface area contributed by atoms with E-state index in [2.05, 4.69) is 10.6 Å². The van der Waals surface area contributed by atoms with E-state index in [4.69, 9.17) is 14.2 Å². The maximum absolute atomic E-state index is 13.3. The van der Waals surface area contributed by atoms with Crippen molar-refractivity contribution >= 4 is 21.8 Å². The number of urea groups is 1. The van der Waals surface area contributed by atoms with Crippen LogP contribution >= 0.6 is 0 Å². The Morgan fingerprint density at radius 2 is 1.74 bits per heavy atom. The molecule has 1 atom stereocenters. The molecule has 2 amide bonds. The Kier molecular flexibility index (Phi) is 6.50. The molecule has 3 rings (SSSR count). The number of hydrogen-bond donors (Lipinski definition) is 2. The van der Waals surface area contributed by atoms with Crippen molar-refractivity contribution in [3.63, 3.8) is 0 Å². The maximum Gasteiger partial charge on any atom is 0.338 e. The van der Waals surface area contributed by atoms with Crippen LogP contribution in [0.2, 0.25) is 0 Å². The molecule has 31 heavy (non-hydrogen) atoms. The molecule has 0 bridgehead atoms. The summed E-state index contributed by atoms with van der Waals surface area (Å²) < 4.78 is 41.7. The molecule has 9 nitrogen and oxygen atoms in total. The van der Waals surface area contributed by atoms with Crippen LogP contribution in [0.3, 0.4) is 0 Å². The Labute approximate surface area is 179 Å². The number of benzene rings is 2. The highest BCUT2D eigenvalue weighted by atomic mass is 32.2. The van der Waals surface area contributed by atoms with Gasteiger partial charge in [0.25, 0.3) is 0 Å². The van der Waals surface area contributed by atoms with Crippen LogP contribution in [0, 0.1) is 0 Å². The lowest BCUT2D eigenvalue weighted by molar-refractivity contribution is -0.136. The minimum absolute atomic E-state index is 0.00117. The summed E-state index contributed by atoms with van der Waals surface area (Å²) >= 11 is 0. The monoisotopic (exact) mass is 446 g/mol. The molecule has 10 heteroatoms. The molecule has 0 spiro atoms. The molecule has 2 aromatic carbocycles. The van der Waals surface area contributed by atoms with Gasteiger partial charge in [0.15, 0.2) is 9.84 Å². The Morgan fingerprint density at radius 3 is 2.35 bits per heavy atom. The zero-order valence-electron chi connectivity index (χ0n) is 17.2. The molecule has 1 heterocycles. The van der Waals surface area contributed by atoms with Gasteiger partial charge in [-0.1, -0.05) is 30.3 Å². The third-order valence-electron chi connectivity index (χ3n) is 4.73. The Balaban J connectivity index is 2.13. The molecule has 0 aliphatic carbocycles. The predicted molar refractivity (Wildman–Crippen MR) is 111 cm³/mol. The Hall–Kier alpha value is -3.53. The molecule has 0 aromatic heterocycles. The van der Waals surface area contributed by atoms with Crippen LogP contribution < -0.4 is 20.1 Å². The highest BCUT2D eigenvalue weighted by Crippen LogP contribution is 2.32. The van der Waals surface area contributed by atoms with E-state index in [1.807, 2.05) is 0 Å². The smallest absolute Gasteiger partial charge is 0.338 e. The van der Waals surface area contributed by atoms with E-state index in [1.165, 1.54) is 33.5 Å². The number of amides is 2. The summed E-state index contributed by atoms with van der Waals surface area (Å²) in [7, 11) is -0.111. The fourth-order valence-corrected chi connectivity index (χ4v) is 4.79. The third-order valence-corrected chi connectivity index (χ3v) is 6.39. The van der Waals surface area contributed by atoms with Gasteiger partial charge in [0.1, 0.15) is 16.4 Å². The first-order valence-electron chi connectivity index (χ1n) is 9.19. The van der Waals surface area contributed by atoms with Gasteiger partial charge >= 0.3 is 12.0 Å². The molecule has 0 radical (unpaired) electrons. The Morgan fingerprint density at radius 1 is 1.03 bits per heavy atom. The van der Waals surface area contributed by atoms with Crippen molar-refractivity contribution in [1.82, 2.24) is 10.6 Å². The van der Waals surface area contributed by atoms with Gasteiger partial charge in [-0.15, -0.1) is 0 Å². The second-order valence-corrected chi connectivity index (χ2v) is 8.56. The average molecular weight is 446 g/mol. The van der Waals surface area contributed by atoms with Gasteiger partial charge in [-0.3, -0.25) is 0 Å². The standard InChI is InChI=1S/C21H22N2O7S/c1-28-14-9-10-16(29-2)17(11-14)31(26,27)12-15-18(20(24)30-3)19(23-21(25)22-15)13-7-5-4-6-8-13/h4-11,19H,12H2,1-3H3,(H2,22,23,25)/t19-/m1/s1. The second kappa shape index (κ2) is 9.09. The van der Waals surface area contributed by atoms with E-state index in [-0.39, 0.29) is 21.9 Å². The molecule has 1 aliphatic heterocycles. The van der Waals surface area contributed by atoms with E-state index < -0.39 is 33.6 Å². The van der Waals surface area contributed by atoms with E-state index in [9.17, 15) is 18.0 Å². The van der Waals surface area contributed by atoms with Crippen LogP contribution in [0.4, 0.5) is 4.79 Å². The quantitative estimate of drug-likeness (QED) is 0.624. The van der Waals surface area contributed by atoms with Gasteiger partial charge in [0.05, 0.1) is 38.7 Å². The highest BCUT2D eigenvalue weighted by molar-refractivity contribution is 7.91. The first-order valence-corrected chi connectivity index (χ1v) is 10.8. The number of hydrogen-bond acceptors (Lipinski definition) is 7. The molecule has 0 fully saturated rings. The number of esters is 1. The Bertz CT molecular complexity index is 1130. The van der Waals surface area contributed by atoms with E-state index >= 15 is 0 Å². The molecular weight excluding hydrogens is 424 g/mol. The normalized spacial score (nSPS) is 16.2. The number of methoxy groups -OCH3 is 3. The van der Waals surface area contributed by atoms with Gasteiger partial charge in [0.2, 0.25) is 0 Å². The van der Waals surface area contributed by atoms with Crippen LogP contribution in [-0.4, -0.2) is 47.5 Å². The van der Waals surface area contributed by atoms with Crippen LogP contribution in [-0.2, 0) is 19.4 Å². The van der Waals surface area contributed by atoms with Crippen molar-refractivity contribution < 1.29 is 32.2 Å². The zero-order chi connectivity index (χ0) is 22.6. The lowest BCUT2D eigenvalue weighted by atomic mass is 9.96. The topological polar surface area (TPSA) is 120 Å². The van der Waals surface area contributed by atoms with Gasteiger partial charge in [-0.05, 0) is 17.7 Å². The van der Waals surface area contributed by atoms with Crippen LogP contribution in [0.5, 0.6) is 11.5 Å². The molecule has 2 aromatic rings. The van der Waals surface area contributed by atoms with E-state index in [0.717, 1.165) is 0 Å². The molecule has 164 valence electrons. The highest BCUT2D eigenvalue weighted by Gasteiger charge is 2.36. The average Bonchev–Trinajstić information content (AvgIpc) is 2.78. The SMILES string of the molecule is COC(=O)C1=C(CS(=O)(=O)c2cc(OC)ccc2OC)NC(=O)N[C@@H]1c1ccccc1. The van der Waals surface area contributed by atoms with Gasteiger partial charge in [-0.2, -0.15) is 0 Å².